The van der Waals surface area contributed by atoms with Crippen molar-refractivity contribution in [3.63, 3.8) is 0 Å². The summed E-state index contributed by atoms with van der Waals surface area (Å²) in [6.45, 7) is 0.513. The van der Waals surface area contributed by atoms with Crippen LogP contribution in [0, 0.1) is 0 Å². The molecule has 0 spiro atoms. The highest BCUT2D eigenvalue weighted by molar-refractivity contribution is 7.89. The van der Waals surface area contributed by atoms with E-state index in [1.54, 1.807) is 0 Å². The third kappa shape index (κ3) is 5.25. The summed E-state index contributed by atoms with van der Waals surface area (Å²) in [5.41, 5.74) is 6.28. The van der Waals surface area contributed by atoms with Gasteiger partial charge in [0, 0.05) is 26.2 Å². The number of hydrogen-bond donors (Lipinski definition) is 3. The molecule has 138 valence electrons. The fourth-order valence-electron chi connectivity index (χ4n) is 2.02. The predicted octanol–water partition coefficient (Wildman–Crippen LogP) is 1.25. The van der Waals surface area contributed by atoms with Crippen molar-refractivity contribution < 1.29 is 13.2 Å². The third-order valence-corrected chi connectivity index (χ3v) is 5.52. The van der Waals surface area contributed by atoms with Gasteiger partial charge in [-0.2, -0.15) is 0 Å². The summed E-state index contributed by atoms with van der Waals surface area (Å²) in [6, 6.07) is 15.4. The van der Waals surface area contributed by atoms with Crippen LogP contribution in [0.4, 0.5) is 0 Å². The molecule has 2 rings (SSSR count). The highest BCUT2D eigenvalue weighted by Gasteiger charge is 2.18. The fraction of sp³-hybridized carbons (Fsp3) is 0.176. The summed E-state index contributed by atoms with van der Waals surface area (Å²) in [4.78, 5) is 12.2. The van der Waals surface area contributed by atoms with Gasteiger partial charge in [0.2, 0.25) is 10.0 Å². The van der Waals surface area contributed by atoms with Gasteiger partial charge >= 0.3 is 0 Å². The number of hydrazine groups is 1. The van der Waals surface area contributed by atoms with E-state index in [1.165, 1.54) is 38.4 Å². The molecule has 26 heavy (non-hydrogen) atoms. The summed E-state index contributed by atoms with van der Waals surface area (Å²) in [5, 5.41) is 3.21. The van der Waals surface area contributed by atoms with Gasteiger partial charge in [-0.05, 0) is 36.0 Å². The highest BCUT2D eigenvalue weighted by Crippen LogP contribution is 2.14. The Kier molecular flexibility index (Phi) is 6.67. The summed E-state index contributed by atoms with van der Waals surface area (Å²) >= 11 is 5.10. The van der Waals surface area contributed by atoms with Crippen LogP contribution in [0.1, 0.15) is 15.9 Å². The summed E-state index contributed by atoms with van der Waals surface area (Å²) < 4.78 is 25.4. The maximum atomic E-state index is 12.2. The van der Waals surface area contributed by atoms with Crippen molar-refractivity contribution in [2.45, 2.75) is 11.4 Å². The SMILES string of the molecule is CN(C)S(=O)(=O)c1cccc(C(=O)NNC(=S)NCc2ccccc2)c1. The van der Waals surface area contributed by atoms with E-state index in [0.29, 0.717) is 6.54 Å². The first-order valence-corrected chi connectivity index (χ1v) is 9.56. The zero-order chi connectivity index (χ0) is 19.2. The summed E-state index contributed by atoms with van der Waals surface area (Å²) in [7, 11) is -0.747. The molecule has 0 saturated carbocycles. The van der Waals surface area contributed by atoms with Gasteiger partial charge in [-0.3, -0.25) is 15.6 Å². The Morgan fingerprint density at radius 1 is 1.04 bits per heavy atom. The van der Waals surface area contributed by atoms with Gasteiger partial charge < -0.3 is 5.32 Å². The maximum Gasteiger partial charge on any atom is 0.269 e. The number of amides is 1. The second-order valence-electron chi connectivity index (χ2n) is 5.56. The molecule has 0 radical (unpaired) electrons. The van der Waals surface area contributed by atoms with Crippen molar-refractivity contribution in [2.24, 2.45) is 0 Å². The molecule has 0 aliphatic carbocycles. The van der Waals surface area contributed by atoms with E-state index >= 15 is 0 Å². The van der Waals surface area contributed by atoms with Crippen LogP contribution in [0.15, 0.2) is 59.5 Å². The lowest BCUT2D eigenvalue weighted by Crippen LogP contribution is -2.46. The molecule has 2 aromatic rings. The van der Waals surface area contributed by atoms with Gasteiger partial charge in [-0.1, -0.05) is 36.4 Å². The van der Waals surface area contributed by atoms with E-state index in [0.717, 1.165) is 9.87 Å². The average Bonchev–Trinajstić information content (AvgIpc) is 2.65. The fourth-order valence-corrected chi connectivity index (χ4v) is 3.09. The lowest BCUT2D eigenvalue weighted by molar-refractivity contribution is 0.0943. The molecular weight excluding hydrogens is 372 g/mol. The Labute approximate surface area is 158 Å². The molecule has 2 aromatic carbocycles. The van der Waals surface area contributed by atoms with Crippen molar-refractivity contribution in [2.75, 3.05) is 14.1 Å². The zero-order valence-electron chi connectivity index (χ0n) is 14.4. The number of hydrogen-bond acceptors (Lipinski definition) is 4. The number of nitrogens with one attached hydrogen (secondary N) is 3. The number of nitrogens with zero attached hydrogens (tertiary/aromatic N) is 1. The minimum atomic E-state index is -3.61. The van der Waals surface area contributed by atoms with Crippen molar-refractivity contribution in [1.29, 1.82) is 0 Å². The standard InChI is InChI=1S/C17H20N4O3S2/c1-21(2)26(23,24)15-10-6-9-14(11-15)16(22)19-20-17(25)18-12-13-7-4-3-5-8-13/h3-11H,12H2,1-2H3,(H,19,22)(H2,18,20,25). The molecule has 0 fully saturated rings. The minimum Gasteiger partial charge on any atom is -0.357 e. The molecule has 0 bridgehead atoms. The molecule has 0 aliphatic rings. The van der Waals surface area contributed by atoms with Gasteiger partial charge in [-0.25, -0.2) is 12.7 Å². The van der Waals surface area contributed by atoms with Gasteiger partial charge in [-0.15, -0.1) is 0 Å². The molecule has 1 amide bonds. The number of carbonyl (C=O) groups is 1. The largest absolute Gasteiger partial charge is 0.357 e. The molecule has 0 atom stereocenters. The number of benzene rings is 2. The lowest BCUT2D eigenvalue weighted by Gasteiger charge is -2.13. The van der Waals surface area contributed by atoms with Crippen LogP contribution in [-0.2, 0) is 16.6 Å². The van der Waals surface area contributed by atoms with E-state index in [-0.39, 0.29) is 15.6 Å². The van der Waals surface area contributed by atoms with Crippen molar-refractivity contribution in [1.82, 2.24) is 20.5 Å². The van der Waals surface area contributed by atoms with Crippen LogP contribution in [0.5, 0.6) is 0 Å². The Morgan fingerprint density at radius 3 is 2.38 bits per heavy atom. The second-order valence-corrected chi connectivity index (χ2v) is 8.12. The molecule has 0 heterocycles. The first-order chi connectivity index (χ1) is 12.3. The first kappa shape index (κ1) is 19.8. The van der Waals surface area contributed by atoms with E-state index in [4.69, 9.17) is 12.2 Å². The number of thiocarbonyl (C=S) groups is 1. The van der Waals surface area contributed by atoms with E-state index in [9.17, 15) is 13.2 Å². The van der Waals surface area contributed by atoms with Crippen molar-refractivity contribution in [3.05, 3.63) is 65.7 Å². The predicted molar refractivity (Wildman–Crippen MR) is 104 cm³/mol. The summed E-state index contributed by atoms with van der Waals surface area (Å²) in [5.74, 6) is -0.496. The van der Waals surface area contributed by atoms with Crippen LogP contribution in [0.2, 0.25) is 0 Å². The van der Waals surface area contributed by atoms with E-state index < -0.39 is 15.9 Å². The van der Waals surface area contributed by atoms with Gasteiger partial charge in [0.15, 0.2) is 5.11 Å². The Bertz CT molecular complexity index is 884. The smallest absolute Gasteiger partial charge is 0.269 e. The quantitative estimate of drug-likeness (QED) is 0.524. The average molecular weight is 393 g/mol. The third-order valence-electron chi connectivity index (χ3n) is 3.46. The molecule has 0 aromatic heterocycles. The second kappa shape index (κ2) is 8.75. The maximum absolute atomic E-state index is 12.2. The molecular formula is C17H20N4O3S2. The molecule has 0 saturated heterocycles. The van der Waals surface area contributed by atoms with Gasteiger partial charge in [0.1, 0.15) is 0 Å². The van der Waals surface area contributed by atoms with Crippen molar-refractivity contribution >= 4 is 33.3 Å². The molecule has 7 nitrogen and oxygen atoms in total. The van der Waals surface area contributed by atoms with Crippen LogP contribution in [0.3, 0.4) is 0 Å². The molecule has 0 aliphatic heterocycles. The van der Waals surface area contributed by atoms with Crippen LogP contribution >= 0.6 is 12.2 Å². The molecule has 9 heteroatoms. The number of sulfonamides is 1. The minimum absolute atomic E-state index is 0.0416. The van der Waals surface area contributed by atoms with Gasteiger partial charge in [0.25, 0.3) is 5.91 Å². The van der Waals surface area contributed by atoms with Crippen LogP contribution in [-0.4, -0.2) is 37.8 Å². The first-order valence-electron chi connectivity index (χ1n) is 7.71. The Morgan fingerprint density at radius 2 is 1.73 bits per heavy atom. The normalized spacial score (nSPS) is 11.0. The Hall–Kier alpha value is -2.49. The van der Waals surface area contributed by atoms with Crippen molar-refractivity contribution in [3.8, 4) is 0 Å². The van der Waals surface area contributed by atoms with E-state index in [2.05, 4.69) is 16.2 Å². The van der Waals surface area contributed by atoms with Crippen LogP contribution < -0.4 is 16.2 Å². The monoisotopic (exact) mass is 392 g/mol. The number of carbonyl (C=O) groups excluding carboxylic acids is 1. The molecule has 0 unspecified atom stereocenters. The van der Waals surface area contributed by atoms with Gasteiger partial charge in [0.05, 0.1) is 4.90 Å². The highest BCUT2D eigenvalue weighted by atomic mass is 32.2. The van der Waals surface area contributed by atoms with Crippen LogP contribution in [0.25, 0.3) is 0 Å². The topological polar surface area (TPSA) is 90.5 Å². The Balaban J connectivity index is 1.93. The summed E-state index contributed by atoms with van der Waals surface area (Å²) in [6.07, 6.45) is 0. The lowest BCUT2D eigenvalue weighted by atomic mass is 10.2. The van der Waals surface area contributed by atoms with E-state index in [1.807, 2.05) is 30.3 Å². The molecule has 3 N–H and O–H groups in total. The number of rotatable bonds is 5. The zero-order valence-corrected chi connectivity index (χ0v) is 16.0.